The van der Waals surface area contributed by atoms with E-state index in [1.54, 1.807) is 18.0 Å². The number of rotatable bonds is 8. The van der Waals surface area contributed by atoms with Gasteiger partial charge in [0.25, 0.3) is 5.91 Å². The lowest BCUT2D eigenvalue weighted by Gasteiger charge is -2.09. The first-order chi connectivity index (χ1) is 11.2. The molecule has 0 fully saturated rings. The second-order valence-electron chi connectivity index (χ2n) is 5.28. The Labute approximate surface area is 141 Å². The van der Waals surface area contributed by atoms with E-state index in [9.17, 15) is 9.90 Å². The summed E-state index contributed by atoms with van der Waals surface area (Å²) in [4.78, 5) is 17.2. The third-order valence-corrected chi connectivity index (χ3v) is 4.56. The summed E-state index contributed by atoms with van der Waals surface area (Å²) in [6.45, 7) is 2.42. The molecular formula is C18H22N2O2S. The summed E-state index contributed by atoms with van der Waals surface area (Å²) < 4.78 is 0. The van der Waals surface area contributed by atoms with Crippen LogP contribution in [0, 0.1) is 0 Å². The van der Waals surface area contributed by atoms with Crippen molar-refractivity contribution in [1.82, 2.24) is 10.3 Å². The van der Waals surface area contributed by atoms with E-state index in [-0.39, 0.29) is 12.0 Å². The molecule has 2 aromatic rings. The first-order valence-corrected chi connectivity index (χ1v) is 8.75. The molecule has 0 aliphatic heterocycles. The minimum Gasteiger partial charge on any atom is -0.393 e. The number of hydrogen-bond donors (Lipinski definition) is 2. The lowest BCUT2D eigenvalue weighted by Crippen LogP contribution is -2.26. The molecule has 0 aliphatic rings. The molecule has 1 aromatic heterocycles. The smallest absolute Gasteiger partial charge is 0.251 e. The van der Waals surface area contributed by atoms with Gasteiger partial charge in [0.05, 0.1) is 6.10 Å². The van der Waals surface area contributed by atoms with Crippen LogP contribution in [0.4, 0.5) is 0 Å². The van der Waals surface area contributed by atoms with Crippen molar-refractivity contribution in [2.75, 3.05) is 6.54 Å². The minimum absolute atomic E-state index is 0.0999. The van der Waals surface area contributed by atoms with E-state index in [4.69, 9.17) is 0 Å². The standard InChI is InChI=1S/C18H22N2O2S/c1-2-16(21)9-11-20-18(22)15-5-7-17(8-6-15)23-13-14-4-3-10-19-12-14/h3-8,10,12,16,21H,2,9,11,13H2,1H3,(H,20,22). The Morgan fingerprint density at radius 3 is 2.74 bits per heavy atom. The Balaban J connectivity index is 1.80. The zero-order valence-electron chi connectivity index (χ0n) is 13.2. The molecule has 5 heteroatoms. The van der Waals surface area contributed by atoms with Gasteiger partial charge < -0.3 is 10.4 Å². The maximum Gasteiger partial charge on any atom is 0.251 e. The minimum atomic E-state index is -0.346. The summed E-state index contributed by atoms with van der Waals surface area (Å²) in [5.74, 6) is 0.756. The molecule has 0 saturated heterocycles. The van der Waals surface area contributed by atoms with Crippen LogP contribution < -0.4 is 5.32 Å². The summed E-state index contributed by atoms with van der Waals surface area (Å²) in [5, 5.41) is 12.3. The van der Waals surface area contributed by atoms with Crippen LogP contribution in [0.1, 0.15) is 35.7 Å². The van der Waals surface area contributed by atoms with Crippen molar-refractivity contribution >= 4 is 17.7 Å². The van der Waals surface area contributed by atoms with E-state index in [1.807, 2.05) is 49.5 Å². The van der Waals surface area contributed by atoms with Crippen molar-refractivity contribution < 1.29 is 9.90 Å². The molecule has 122 valence electrons. The van der Waals surface area contributed by atoms with Gasteiger partial charge in [-0.05, 0) is 48.7 Å². The summed E-state index contributed by atoms with van der Waals surface area (Å²) >= 11 is 1.71. The molecule has 1 aromatic carbocycles. The fourth-order valence-electron chi connectivity index (χ4n) is 2.01. The molecule has 0 saturated carbocycles. The van der Waals surface area contributed by atoms with Crippen LogP contribution in [0.2, 0.25) is 0 Å². The van der Waals surface area contributed by atoms with E-state index >= 15 is 0 Å². The SMILES string of the molecule is CCC(O)CCNC(=O)c1ccc(SCc2cccnc2)cc1. The molecule has 0 bridgehead atoms. The van der Waals surface area contributed by atoms with Gasteiger partial charge in [0, 0.05) is 35.2 Å². The Morgan fingerprint density at radius 2 is 2.09 bits per heavy atom. The number of hydrogen-bond acceptors (Lipinski definition) is 4. The lowest BCUT2D eigenvalue weighted by atomic mass is 10.2. The maximum absolute atomic E-state index is 12.0. The second kappa shape index (κ2) is 9.33. The first-order valence-electron chi connectivity index (χ1n) is 7.77. The highest BCUT2D eigenvalue weighted by Crippen LogP contribution is 2.22. The lowest BCUT2D eigenvalue weighted by molar-refractivity contribution is 0.0942. The molecule has 23 heavy (non-hydrogen) atoms. The number of carbonyl (C=O) groups excluding carboxylic acids is 1. The summed E-state index contributed by atoms with van der Waals surface area (Å²) in [6, 6.07) is 11.5. The number of carbonyl (C=O) groups is 1. The average molecular weight is 330 g/mol. The van der Waals surface area contributed by atoms with Gasteiger partial charge in [-0.2, -0.15) is 0 Å². The van der Waals surface area contributed by atoms with Crippen LogP contribution in [0.3, 0.4) is 0 Å². The fraction of sp³-hybridized carbons (Fsp3) is 0.333. The topological polar surface area (TPSA) is 62.2 Å². The van der Waals surface area contributed by atoms with Crippen molar-refractivity contribution in [2.24, 2.45) is 0 Å². The quantitative estimate of drug-likeness (QED) is 0.729. The second-order valence-corrected chi connectivity index (χ2v) is 6.33. The molecule has 4 nitrogen and oxygen atoms in total. The number of aliphatic hydroxyl groups excluding tert-OH is 1. The Kier molecular flexibility index (Phi) is 7.10. The molecular weight excluding hydrogens is 308 g/mol. The molecule has 1 amide bonds. The number of aromatic nitrogens is 1. The van der Waals surface area contributed by atoms with E-state index in [2.05, 4.69) is 10.3 Å². The van der Waals surface area contributed by atoms with E-state index in [0.29, 0.717) is 24.9 Å². The summed E-state index contributed by atoms with van der Waals surface area (Å²) in [5.41, 5.74) is 1.82. The van der Waals surface area contributed by atoms with Gasteiger partial charge in [0.15, 0.2) is 0 Å². The van der Waals surface area contributed by atoms with Crippen molar-refractivity contribution in [3.05, 3.63) is 59.9 Å². The molecule has 2 N–H and O–H groups in total. The Morgan fingerprint density at radius 1 is 1.30 bits per heavy atom. The number of thioether (sulfide) groups is 1. The Hall–Kier alpha value is -1.85. The van der Waals surface area contributed by atoms with Crippen LogP contribution in [0.25, 0.3) is 0 Å². The predicted octanol–water partition coefficient (Wildman–Crippen LogP) is 3.26. The number of amides is 1. The van der Waals surface area contributed by atoms with Crippen LogP contribution in [-0.2, 0) is 5.75 Å². The van der Waals surface area contributed by atoms with Gasteiger partial charge in [0.2, 0.25) is 0 Å². The monoisotopic (exact) mass is 330 g/mol. The number of pyridine rings is 1. The summed E-state index contributed by atoms with van der Waals surface area (Å²) in [6.07, 6.45) is 4.57. The molecule has 1 unspecified atom stereocenters. The van der Waals surface area contributed by atoms with E-state index in [1.165, 1.54) is 5.56 Å². The average Bonchev–Trinajstić information content (AvgIpc) is 2.61. The van der Waals surface area contributed by atoms with E-state index < -0.39 is 0 Å². The predicted molar refractivity (Wildman–Crippen MR) is 93.5 cm³/mol. The van der Waals surface area contributed by atoms with Gasteiger partial charge in [-0.3, -0.25) is 9.78 Å². The highest BCUT2D eigenvalue weighted by molar-refractivity contribution is 7.98. The highest BCUT2D eigenvalue weighted by atomic mass is 32.2. The fourth-order valence-corrected chi connectivity index (χ4v) is 2.84. The van der Waals surface area contributed by atoms with Crippen LogP contribution in [-0.4, -0.2) is 28.6 Å². The zero-order chi connectivity index (χ0) is 16.5. The summed E-state index contributed by atoms with van der Waals surface area (Å²) in [7, 11) is 0. The van der Waals surface area contributed by atoms with Crippen molar-refractivity contribution in [2.45, 2.75) is 36.5 Å². The maximum atomic E-state index is 12.0. The normalized spacial score (nSPS) is 11.9. The zero-order valence-corrected chi connectivity index (χ0v) is 14.1. The number of benzene rings is 1. The number of nitrogens with one attached hydrogen (secondary N) is 1. The molecule has 0 radical (unpaired) electrons. The van der Waals surface area contributed by atoms with Crippen LogP contribution >= 0.6 is 11.8 Å². The van der Waals surface area contributed by atoms with Gasteiger partial charge in [-0.25, -0.2) is 0 Å². The van der Waals surface area contributed by atoms with Crippen molar-refractivity contribution in [3.8, 4) is 0 Å². The third kappa shape index (κ3) is 6.04. The van der Waals surface area contributed by atoms with Gasteiger partial charge in [0.1, 0.15) is 0 Å². The molecule has 1 heterocycles. The van der Waals surface area contributed by atoms with Gasteiger partial charge in [-0.15, -0.1) is 11.8 Å². The van der Waals surface area contributed by atoms with Crippen molar-refractivity contribution in [3.63, 3.8) is 0 Å². The number of aliphatic hydroxyl groups is 1. The van der Waals surface area contributed by atoms with Crippen LogP contribution in [0.15, 0.2) is 53.7 Å². The first kappa shape index (κ1) is 17.5. The Bertz CT molecular complexity index is 602. The van der Waals surface area contributed by atoms with Crippen molar-refractivity contribution in [1.29, 1.82) is 0 Å². The molecule has 2 rings (SSSR count). The van der Waals surface area contributed by atoms with Crippen LogP contribution in [0.5, 0.6) is 0 Å². The largest absolute Gasteiger partial charge is 0.393 e. The van der Waals surface area contributed by atoms with E-state index in [0.717, 1.165) is 10.6 Å². The number of nitrogens with zero attached hydrogens (tertiary/aromatic N) is 1. The third-order valence-electron chi connectivity index (χ3n) is 3.48. The molecule has 0 spiro atoms. The van der Waals surface area contributed by atoms with Gasteiger partial charge in [-0.1, -0.05) is 13.0 Å². The van der Waals surface area contributed by atoms with Gasteiger partial charge >= 0.3 is 0 Å². The molecule has 0 aliphatic carbocycles. The molecule has 1 atom stereocenters. The highest BCUT2D eigenvalue weighted by Gasteiger charge is 2.06.